The van der Waals surface area contributed by atoms with Gasteiger partial charge in [0, 0.05) is 24.2 Å². The number of halogens is 1. The van der Waals surface area contributed by atoms with E-state index in [1.54, 1.807) is 11.3 Å². The summed E-state index contributed by atoms with van der Waals surface area (Å²) in [6, 6.07) is 9.66. The summed E-state index contributed by atoms with van der Waals surface area (Å²) in [5.74, 6) is -0.0549. The van der Waals surface area contributed by atoms with Gasteiger partial charge in [-0.15, -0.1) is 11.3 Å². The Morgan fingerprint density at radius 2 is 2.10 bits per heavy atom. The van der Waals surface area contributed by atoms with Crippen LogP contribution in [0.1, 0.15) is 20.8 Å². The van der Waals surface area contributed by atoms with Gasteiger partial charge in [-0.05, 0) is 37.6 Å². The van der Waals surface area contributed by atoms with Crippen LogP contribution in [0.25, 0.3) is 0 Å². The smallest absolute Gasteiger partial charge is 0.253 e. The van der Waals surface area contributed by atoms with Gasteiger partial charge in [0.05, 0.1) is 9.90 Å². The second-order valence-electron chi connectivity index (χ2n) is 4.51. The molecule has 0 radical (unpaired) electrons. The van der Waals surface area contributed by atoms with Crippen LogP contribution in [0, 0.1) is 6.92 Å². The lowest BCUT2D eigenvalue weighted by molar-refractivity contribution is 0.0955. The largest absolute Gasteiger partial charge is 0.387 e. The van der Waals surface area contributed by atoms with Crippen molar-refractivity contribution in [2.45, 2.75) is 13.3 Å². The van der Waals surface area contributed by atoms with Gasteiger partial charge in [-0.3, -0.25) is 4.79 Å². The highest BCUT2D eigenvalue weighted by molar-refractivity contribution is 7.16. The summed E-state index contributed by atoms with van der Waals surface area (Å²) in [6.07, 6.45) is 0.795. The number of nitrogens with one attached hydrogen (secondary N) is 2. The van der Waals surface area contributed by atoms with Gasteiger partial charge in [0.1, 0.15) is 0 Å². The summed E-state index contributed by atoms with van der Waals surface area (Å²) in [4.78, 5) is 13.4. The van der Waals surface area contributed by atoms with Gasteiger partial charge in [0.15, 0.2) is 0 Å². The van der Waals surface area contributed by atoms with Crippen molar-refractivity contribution in [1.29, 1.82) is 0 Å². The Labute approximate surface area is 128 Å². The molecule has 106 valence electrons. The highest BCUT2D eigenvalue weighted by atomic mass is 35.5. The quantitative estimate of drug-likeness (QED) is 0.884. The van der Waals surface area contributed by atoms with Gasteiger partial charge in [0.2, 0.25) is 0 Å². The molecule has 1 aromatic heterocycles. The number of carbonyl (C=O) groups excluding carboxylic acids is 1. The molecule has 2 aromatic rings. The molecule has 0 aliphatic carbocycles. The van der Waals surface area contributed by atoms with E-state index in [0.29, 0.717) is 12.1 Å². The van der Waals surface area contributed by atoms with E-state index in [1.165, 1.54) is 4.88 Å². The fourth-order valence-corrected chi connectivity index (χ4v) is 3.03. The van der Waals surface area contributed by atoms with E-state index in [4.69, 9.17) is 11.6 Å². The molecule has 3 nitrogen and oxygen atoms in total. The zero-order valence-corrected chi connectivity index (χ0v) is 13.1. The predicted molar refractivity (Wildman–Crippen MR) is 86.1 cm³/mol. The number of thiophene rings is 1. The molecule has 0 saturated heterocycles. The molecule has 0 saturated carbocycles. The number of hydrogen-bond acceptors (Lipinski definition) is 3. The number of carbonyl (C=O) groups is 1. The molecule has 0 aliphatic rings. The fourth-order valence-electron chi connectivity index (χ4n) is 1.94. The second kappa shape index (κ2) is 6.77. The monoisotopic (exact) mass is 308 g/mol. The first-order valence-corrected chi connectivity index (χ1v) is 7.60. The molecule has 5 heteroatoms. The molecular formula is C15H17ClN2OS. The van der Waals surface area contributed by atoms with Crippen LogP contribution in [0.5, 0.6) is 0 Å². The van der Waals surface area contributed by atoms with Crippen molar-refractivity contribution < 1.29 is 4.79 Å². The van der Waals surface area contributed by atoms with Crippen LogP contribution in [0.2, 0.25) is 4.34 Å². The van der Waals surface area contributed by atoms with Crippen LogP contribution in [-0.2, 0) is 6.42 Å². The molecule has 0 bridgehead atoms. The molecule has 0 aliphatic heterocycles. The topological polar surface area (TPSA) is 41.1 Å². The van der Waals surface area contributed by atoms with Gasteiger partial charge in [-0.2, -0.15) is 0 Å². The lowest BCUT2D eigenvalue weighted by Gasteiger charge is -2.10. The van der Waals surface area contributed by atoms with Gasteiger partial charge >= 0.3 is 0 Å². The molecule has 0 atom stereocenters. The number of aryl methyl sites for hydroxylation is 1. The maximum atomic E-state index is 12.2. The fraction of sp³-hybridized carbons (Fsp3) is 0.267. The summed E-state index contributed by atoms with van der Waals surface area (Å²) >= 11 is 7.42. The van der Waals surface area contributed by atoms with Gasteiger partial charge < -0.3 is 10.6 Å². The number of amides is 1. The average Bonchev–Trinajstić information content (AvgIpc) is 2.84. The molecule has 20 heavy (non-hydrogen) atoms. The third-order valence-corrected chi connectivity index (χ3v) is 4.27. The maximum absolute atomic E-state index is 12.2. The van der Waals surface area contributed by atoms with E-state index in [1.807, 2.05) is 44.3 Å². The van der Waals surface area contributed by atoms with E-state index < -0.39 is 0 Å². The first-order chi connectivity index (χ1) is 9.60. The maximum Gasteiger partial charge on any atom is 0.253 e. The van der Waals surface area contributed by atoms with E-state index in [-0.39, 0.29) is 5.91 Å². The standard InChI is InChI=1S/C15H17ClN2OS/c1-10-3-5-13(17-2)12(9-10)15(19)18-8-7-11-4-6-14(16)20-11/h3-6,9,17H,7-8H2,1-2H3,(H,18,19). The molecule has 0 spiro atoms. The van der Waals surface area contributed by atoms with Crippen molar-refractivity contribution in [3.8, 4) is 0 Å². The number of hydrogen-bond donors (Lipinski definition) is 2. The lowest BCUT2D eigenvalue weighted by atomic mass is 10.1. The summed E-state index contributed by atoms with van der Waals surface area (Å²) < 4.78 is 0.780. The minimum Gasteiger partial charge on any atom is -0.387 e. The van der Waals surface area contributed by atoms with Crippen molar-refractivity contribution >= 4 is 34.5 Å². The number of benzene rings is 1. The lowest BCUT2D eigenvalue weighted by Crippen LogP contribution is -2.26. The first-order valence-electron chi connectivity index (χ1n) is 6.41. The van der Waals surface area contributed by atoms with Crippen LogP contribution in [-0.4, -0.2) is 19.5 Å². The van der Waals surface area contributed by atoms with Crippen molar-refractivity contribution in [2.24, 2.45) is 0 Å². The SMILES string of the molecule is CNc1ccc(C)cc1C(=O)NCCc1ccc(Cl)s1. The Balaban J connectivity index is 1.96. The average molecular weight is 309 g/mol. The molecule has 1 amide bonds. The van der Waals surface area contributed by atoms with Crippen LogP contribution in [0.15, 0.2) is 30.3 Å². The Bertz CT molecular complexity index is 610. The van der Waals surface area contributed by atoms with Crippen molar-refractivity contribution in [1.82, 2.24) is 5.32 Å². The molecule has 1 heterocycles. The second-order valence-corrected chi connectivity index (χ2v) is 6.31. The van der Waals surface area contributed by atoms with Crippen LogP contribution in [0.4, 0.5) is 5.69 Å². The Morgan fingerprint density at radius 3 is 2.75 bits per heavy atom. The van der Waals surface area contributed by atoms with Gasteiger partial charge in [0.25, 0.3) is 5.91 Å². The summed E-state index contributed by atoms with van der Waals surface area (Å²) in [6.45, 7) is 2.58. The minimum atomic E-state index is -0.0549. The van der Waals surface area contributed by atoms with Crippen LogP contribution in [0.3, 0.4) is 0 Å². The normalized spacial score (nSPS) is 10.3. The van der Waals surface area contributed by atoms with E-state index in [9.17, 15) is 4.79 Å². The minimum absolute atomic E-state index is 0.0549. The number of rotatable bonds is 5. The highest BCUT2D eigenvalue weighted by Crippen LogP contribution is 2.21. The molecular weight excluding hydrogens is 292 g/mol. The summed E-state index contributed by atoms with van der Waals surface area (Å²) in [5, 5.41) is 5.98. The zero-order chi connectivity index (χ0) is 14.5. The molecule has 2 rings (SSSR count). The number of anilines is 1. The molecule has 2 N–H and O–H groups in total. The predicted octanol–water partition coefficient (Wildman–Crippen LogP) is 3.72. The van der Waals surface area contributed by atoms with Crippen LogP contribution < -0.4 is 10.6 Å². The van der Waals surface area contributed by atoms with Gasteiger partial charge in [-0.25, -0.2) is 0 Å². The van der Waals surface area contributed by atoms with Gasteiger partial charge in [-0.1, -0.05) is 23.2 Å². The van der Waals surface area contributed by atoms with Crippen molar-refractivity contribution in [3.05, 3.63) is 50.7 Å². The van der Waals surface area contributed by atoms with E-state index in [0.717, 1.165) is 22.0 Å². The summed E-state index contributed by atoms with van der Waals surface area (Å²) in [5.41, 5.74) is 2.59. The molecule has 1 aromatic carbocycles. The Hall–Kier alpha value is -1.52. The zero-order valence-electron chi connectivity index (χ0n) is 11.5. The highest BCUT2D eigenvalue weighted by Gasteiger charge is 2.10. The van der Waals surface area contributed by atoms with Crippen molar-refractivity contribution in [2.75, 3.05) is 18.9 Å². The molecule has 0 fully saturated rings. The molecule has 0 unspecified atom stereocenters. The van der Waals surface area contributed by atoms with E-state index >= 15 is 0 Å². The Morgan fingerprint density at radius 1 is 1.30 bits per heavy atom. The van der Waals surface area contributed by atoms with Crippen molar-refractivity contribution in [3.63, 3.8) is 0 Å². The van der Waals surface area contributed by atoms with Crippen LogP contribution >= 0.6 is 22.9 Å². The third kappa shape index (κ3) is 3.74. The summed E-state index contributed by atoms with van der Waals surface area (Å²) in [7, 11) is 1.81. The van der Waals surface area contributed by atoms with E-state index in [2.05, 4.69) is 10.6 Å². The Kier molecular flexibility index (Phi) is 5.04. The third-order valence-electron chi connectivity index (χ3n) is 2.97. The first kappa shape index (κ1) is 14.9.